The van der Waals surface area contributed by atoms with Crippen molar-refractivity contribution in [2.75, 3.05) is 19.0 Å². The average Bonchev–Trinajstić information content (AvgIpc) is 2.52. The highest BCUT2D eigenvalue weighted by Gasteiger charge is 2.04. The van der Waals surface area contributed by atoms with Crippen LogP contribution in [0.25, 0.3) is 0 Å². The second kappa shape index (κ2) is 23.9. The summed E-state index contributed by atoms with van der Waals surface area (Å²) in [6.07, 6.45) is 10.2. The van der Waals surface area contributed by atoms with Crippen LogP contribution in [0.2, 0.25) is 0 Å². The summed E-state index contributed by atoms with van der Waals surface area (Å²) < 4.78 is 21.0. The zero-order valence-corrected chi connectivity index (χ0v) is 17.4. The summed E-state index contributed by atoms with van der Waals surface area (Å²) in [5.41, 5.74) is 0. The van der Waals surface area contributed by atoms with Crippen molar-refractivity contribution in [3.63, 3.8) is 0 Å². The summed E-state index contributed by atoms with van der Waals surface area (Å²) >= 11 is 1.13. The Hall–Kier alpha value is 0.592. The maximum Gasteiger partial charge on any atom is 0.840 e. The Morgan fingerprint density at radius 1 is 0.864 bits per heavy atom. The first-order chi connectivity index (χ1) is 10.7. The van der Waals surface area contributed by atoms with Crippen molar-refractivity contribution < 1.29 is 16.4 Å². The molecule has 22 heavy (non-hydrogen) atoms. The second-order valence-corrected chi connectivity index (χ2v) is 7.58. The number of hydrogen-bond acceptors (Lipinski definition) is 6. The number of unbranched alkanes of at least 4 members (excludes halogenated alkanes) is 6. The monoisotopic (exact) mass is 369 g/mol. The zero-order valence-electron chi connectivity index (χ0n) is 14.6. The van der Waals surface area contributed by atoms with Gasteiger partial charge in [-0.05, 0) is 19.3 Å². The van der Waals surface area contributed by atoms with Crippen molar-refractivity contribution in [2.24, 2.45) is 0 Å². The summed E-state index contributed by atoms with van der Waals surface area (Å²) in [6.45, 7) is 7.47. The first kappa shape index (κ1) is 24.8. The fourth-order valence-electron chi connectivity index (χ4n) is 1.52. The molecule has 134 valence electrons. The van der Waals surface area contributed by atoms with Gasteiger partial charge in [0.1, 0.15) is 0 Å². The molecule has 0 aromatic carbocycles. The fraction of sp³-hybridized carbons (Fsp3) is 1.00. The average molecular weight is 370 g/mol. The standard InChI is InChI=1S/C6H14O2.C6H13O.C3H8S2.Al.O/c1-2-3-4-5-6-8-7;1-2-3-4-5-6-7;1-2-3-5-4;;/h7H,2-6H2,1H3;2-6H2,1H3;4H,2-3H2,1H3;;/q;-1;;+1;/p-1. The smallest absolute Gasteiger partial charge is 0.769 e. The molecule has 0 aromatic rings. The molecule has 0 aliphatic carbocycles. The van der Waals surface area contributed by atoms with Gasteiger partial charge in [-0.15, -0.1) is 11.7 Å². The lowest BCUT2D eigenvalue weighted by Gasteiger charge is -2.16. The number of rotatable bonds is 15. The molecule has 0 bridgehead atoms. The molecule has 0 aromatic heterocycles. The minimum Gasteiger partial charge on any atom is -0.769 e. The third-order valence-corrected chi connectivity index (χ3v) is 4.71. The quantitative estimate of drug-likeness (QED) is 0.103. The second-order valence-electron chi connectivity index (χ2n) is 5.03. The summed E-state index contributed by atoms with van der Waals surface area (Å²) in [4.78, 5) is 4.84. The molecule has 0 fully saturated rings. The first-order valence-corrected chi connectivity index (χ1v) is 12.0. The highest BCUT2D eigenvalue weighted by molar-refractivity contribution is 8.68. The SMILES string of the molecule is CCCCCCO[O][Al-](=[O])[O]CCCCCC.CCCSS. The van der Waals surface area contributed by atoms with E-state index >= 15 is 0 Å². The van der Waals surface area contributed by atoms with Gasteiger partial charge in [-0.1, -0.05) is 70.1 Å². The Balaban J connectivity index is 0. The molecule has 0 saturated heterocycles. The lowest BCUT2D eigenvalue weighted by atomic mass is 10.2. The molecule has 7 heteroatoms. The van der Waals surface area contributed by atoms with Crippen molar-refractivity contribution in [1.29, 1.82) is 0 Å². The van der Waals surface area contributed by atoms with Crippen LogP contribution in [0.4, 0.5) is 0 Å². The lowest BCUT2D eigenvalue weighted by Crippen LogP contribution is -2.14. The maximum atomic E-state index is 11.2. The summed E-state index contributed by atoms with van der Waals surface area (Å²) in [6, 6.07) is 0. The molecule has 0 saturated carbocycles. The van der Waals surface area contributed by atoms with E-state index < -0.39 is 14.8 Å². The normalized spacial score (nSPS) is 9.82. The van der Waals surface area contributed by atoms with Crippen LogP contribution >= 0.6 is 22.5 Å². The molecular weight excluding hydrogens is 335 g/mol. The van der Waals surface area contributed by atoms with Crippen LogP contribution in [0.5, 0.6) is 0 Å². The molecule has 0 N–H and O–H groups in total. The van der Waals surface area contributed by atoms with Gasteiger partial charge in [0.25, 0.3) is 0 Å². The molecular formula is C15H34AlO4S2-. The molecule has 0 heterocycles. The third kappa shape index (κ3) is 25.5. The van der Waals surface area contributed by atoms with Gasteiger partial charge in [-0.3, -0.25) is 4.89 Å². The predicted molar refractivity (Wildman–Crippen MR) is 99.4 cm³/mol. The van der Waals surface area contributed by atoms with Gasteiger partial charge in [0, 0.05) is 12.4 Å². The fourth-order valence-corrected chi connectivity index (χ4v) is 2.87. The van der Waals surface area contributed by atoms with Gasteiger partial charge < -0.3 is 11.5 Å². The van der Waals surface area contributed by atoms with E-state index in [1.54, 1.807) is 10.8 Å². The molecule has 4 nitrogen and oxygen atoms in total. The van der Waals surface area contributed by atoms with Crippen molar-refractivity contribution in [3.05, 3.63) is 0 Å². The minimum absolute atomic E-state index is 0.505. The zero-order chi connectivity index (χ0) is 16.9. The topological polar surface area (TPSA) is 44.8 Å². The first-order valence-electron chi connectivity index (χ1n) is 8.54. The van der Waals surface area contributed by atoms with Crippen LogP contribution in [0.3, 0.4) is 0 Å². The van der Waals surface area contributed by atoms with Crippen molar-refractivity contribution in [3.8, 4) is 0 Å². The van der Waals surface area contributed by atoms with E-state index in [2.05, 4.69) is 36.4 Å². The van der Waals surface area contributed by atoms with Crippen LogP contribution in [-0.2, 0) is 16.4 Å². The van der Waals surface area contributed by atoms with E-state index in [1.807, 2.05) is 0 Å². The third-order valence-electron chi connectivity index (χ3n) is 2.78. The van der Waals surface area contributed by atoms with Crippen LogP contribution in [0, 0.1) is 0 Å². The van der Waals surface area contributed by atoms with Crippen LogP contribution in [-0.4, -0.2) is 33.7 Å². The van der Waals surface area contributed by atoms with Crippen LogP contribution < -0.4 is 0 Å². The Labute approximate surface area is 151 Å². The molecule has 0 rings (SSSR count). The Morgan fingerprint density at radius 3 is 1.91 bits per heavy atom. The van der Waals surface area contributed by atoms with Crippen LogP contribution in [0.15, 0.2) is 0 Å². The lowest BCUT2D eigenvalue weighted by molar-refractivity contribution is -0.229. The van der Waals surface area contributed by atoms with E-state index in [0.29, 0.717) is 13.2 Å². The van der Waals surface area contributed by atoms with Gasteiger partial charge in [0.05, 0.1) is 6.61 Å². The predicted octanol–water partition coefficient (Wildman–Crippen LogP) is 5.50. The minimum atomic E-state index is -2.78. The van der Waals surface area contributed by atoms with E-state index in [0.717, 1.165) is 25.7 Å². The van der Waals surface area contributed by atoms with Gasteiger partial charge >= 0.3 is 14.8 Å². The van der Waals surface area contributed by atoms with Gasteiger partial charge in [-0.25, -0.2) is 0 Å². The molecule has 0 radical (unpaired) electrons. The molecule has 0 spiro atoms. The van der Waals surface area contributed by atoms with E-state index in [-0.39, 0.29) is 0 Å². The van der Waals surface area contributed by atoms with Gasteiger partial charge in [0.15, 0.2) is 0 Å². The summed E-state index contributed by atoms with van der Waals surface area (Å²) in [7, 11) is 1.60. The molecule has 0 amide bonds. The van der Waals surface area contributed by atoms with Crippen molar-refractivity contribution >= 4 is 37.2 Å². The van der Waals surface area contributed by atoms with Crippen molar-refractivity contribution in [2.45, 2.75) is 78.6 Å². The highest BCUT2D eigenvalue weighted by atomic mass is 33.1. The Bertz CT molecular complexity index is 220. The number of thiol groups is 1. The number of hydrogen-bond donors (Lipinski definition) is 1. The summed E-state index contributed by atoms with van der Waals surface area (Å²) in [5.74, 6) is 1.17. The van der Waals surface area contributed by atoms with Gasteiger partial charge in [0.2, 0.25) is 0 Å². The highest BCUT2D eigenvalue weighted by Crippen LogP contribution is 2.04. The molecule has 0 aliphatic heterocycles. The molecule has 0 unspecified atom stereocenters. The maximum absolute atomic E-state index is 11.2. The molecule has 0 aliphatic rings. The Kier molecular flexibility index (Phi) is 26.9. The van der Waals surface area contributed by atoms with E-state index in [4.69, 9.17) is 8.68 Å². The summed E-state index contributed by atoms with van der Waals surface area (Å²) in [5, 5.41) is 0. The van der Waals surface area contributed by atoms with Crippen LogP contribution in [0.1, 0.15) is 78.6 Å². The Morgan fingerprint density at radius 2 is 1.45 bits per heavy atom. The molecule has 0 atom stereocenters. The van der Waals surface area contributed by atoms with E-state index in [1.165, 1.54) is 37.9 Å². The van der Waals surface area contributed by atoms with E-state index in [9.17, 15) is 3.80 Å². The van der Waals surface area contributed by atoms with Gasteiger partial charge in [-0.2, -0.15) is 0 Å². The van der Waals surface area contributed by atoms with Crippen molar-refractivity contribution in [1.82, 2.24) is 0 Å². The largest absolute Gasteiger partial charge is 0.840 e.